The summed E-state index contributed by atoms with van der Waals surface area (Å²) >= 11 is 0. The molecule has 18 heavy (non-hydrogen) atoms. The van der Waals surface area contributed by atoms with Crippen molar-refractivity contribution in [3.05, 3.63) is 18.2 Å². The van der Waals surface area contributed by atoms with Gasteiger partial charge in [-0.2, -0.15) is 0 Å². The first kappa shape index (κ1) is 13.6. The fraction of sp³-hybridized carbons (Fsp3) is 0.800. The maximum atomic E-state index is 4.41. The van der Waals surface area contributed by atoms with Crippen molar-refractivity contribution in [1.29, 1.82) is 0 Å². The second-order valence-electron chi connectivity index (χ2n) is 5.51. The van der Waals surface area contributed by atoms with Crippen molar-refractivity contribution in [3.8, 4) is 0 Å². The average molecular weight is 249 g/mol. The molecular weight excluding hydrogens is 222 g/mol. The third-order valence-corrected chi connectivity index (χ3v) is 3.99. The van der Waals surface area contributed by atoms with Crippen molar-refractivity contribution < 1.29 is 0 Å². The van der Waals surface area contributed by atoms with Crippen LogP contribution < -0.4 is 5.32 Å². The van der Waals surface area contributed by atoms with Crippen molar-refractivity contribution >= 4 is 0 Å². The van der Waals surface area contributed by atoms with Gasteiger partial charge in [0.2, 0.25) is 0 Å². The molecule has 1 aliphatic rings. The zero-order chi connectivity index (χ0) is 12.6. The molecule has 1 aromatic rings. The van der Waals surface area contributed by atoms with Crippen LogP contribution in [0.3, 0.4) is 0 Å². The van der Waals surface area contributed by atoms with Gasteiger partial charge >= 0.3 is 0 Å². The molecule has 3 heteroatoms. The number of aromatic nitrogens is 2. The van der Waals surface area contributed by atoms with E-state index in [0.29, 0.717) is 0 Å². The van der Waals surface area contributed by atoms with Gasteiger partial charge < -0.3 is 9.88 Å². The summed E-state index contributed by atoms with van der Waals surface area (Å²) in [5.41, 5.74) is 0. The van der Waals surface area contributed by atoms with Crippen LogP contribution in [0.25, 0.3) is 0 Å². The summed E-state index contributed by atoms with van der Waals surface area (Å²) in [5.74, 6) is 2.20. The van der Waals surface area contributed by atoms with Crippen molar-refractivity contribution in [1.82, 2.24) is 14.9 Å². The lowest BCUT2D eigenvalue weighted by atomic mass is 10.0. The van der Waals surface area contributed by atoms with Gasteiger partial charge in [-0.15, -0.1) is 0 Å². The summed E-state index contributed by atoms with van der Waals surface area (Å²) in [6, 6.07) is 0. The molecule has 0 spiro atoms. The van der Waals surface area contributed by atoms with Crippen LogP contribution in [0.4, 0.5) is 0 Å². The molecule has 0 atom stereocenters. The van der Waals surface area contributed by atoms with Crippen LogP contribution >= 0.6 is 0 Å². The highest BCUT2D eigenvalue weighted by Crippen LogP contribution is 2.28. The van der Waals surface area contributed by atoms with Crippen molar-refractivity contribution in [2.75, 3.05) is 6.54 Å². The van der Waals surface area contributed by atoms with Gasteiger partial charge in [-0.3, -0.25) is 0 Å². The topological polar surface area (TPSA) is 29.9 Å². The van der Waals surface area contributed by atoms with Gasteiger partial charge in [0, 0.05) is 18.9 Å². The molecule has 0 unspecified atom stereocenters. The second kappa shape index (κ2) is 7.57. The fourth-order valence-corrected chi connectivity index (χ4v) is 2.97. The lowest BCUT2D eigenvalue weighted by molar-refractivity contribution is 0.466. The molecule has 1 aliphatic carbocycles. The van der Waals surface area contributed by atoms with E-state index in [9.17, 15) is 0 Å². The first-order valence-corrected chi connectivity index (χ1v) is 7.61. The summed E-state index contributed by atoms with van der Waals surface area (Å²) in [7, 11) is 0. The monoisotopic (exact) mass is 249 g/mol. The first-order chi connectivity index (χ1) is 8.90. The number of hydrogen-bond donors (Lipinski definition) is 1. The van der Waals surface area contributed by atoms with Gasteiger partial charge in [-0.05, 0) is 31.7 Å². The highest BCUT2D eigenvalue weighted by molar-refractivity contribution is 4.91. The van der Waals surface area contributed by atoms with Gasteiger partial charge in [0.1, 0.15) is 5.82 Å². The Hall–Kier alpha value is -0.830. The molecule has 102 valence electrons. The molecule has 3 nitrogen and oxygen atoms in total. The Morgan fingerprint density at radius 1 is 1.39 bits per heavy atom. The molecule has 1 heterocycles. The third-order valence-electron chi connectivity index (χ3n) is 3.99. The normalized spacial score (nSPS) is 16.5. The van der Waals surface area contributed by atoms with E-state index in [1.165, 1.54) is 50.8 Å². The van der Waals surface area contributed by atoms with Crippen LogP contribution in [0.5, 0.6) is 0 Å². The molecule has 1 N–H and O–H groups in total. The predicted molar refractivity (Wildman–Crippen MR) is 75.4 cm³/mol. The van der Waals surface area contributed by atoms with Gasteiger partial charge in [0.05, 0.1) is 6.54 Å². The molecule has 1 fully saturated rings. The second-order valence-corrected chi connectivity index (χ2v) is 5.51. The number of nitrogens with one attached hydrogen (secondary N) is 1. The van der Waals surface area contributed by atoms with E-state index in [1.54, 1.807) is 0 Å². The van der Waals surface area contributed by atoms with Crippen LogP contribution in [-0.4, -0.2) is 16.1 Å². The quantitative estimate of drug-likeness (QED) is 0.716. The first-order valence-electron chi connectivity index (χ1n) is 7.61. The highest BCUT2D eigenvalue weighted by atomic mass is 15.1. The summed E-state index contributed by atoms with van der Waals surface area (Å²) in [5, 5.41) is 3.53. The van der Waals surface area contributed by atoms with E-state index in [4.69, 9.17) is 0 Å². The van der Waals surface area contributed by atoms with E-state index in [1.807, 2.05) is 6.20 Å². The van der Waals surface area contributed by atoms with E-state index in [2.05, 4.69) is 28.0 Å². The molecule has 0 aliphatic heterocycles. The third kappa shape index (κ3) is 4.13. The lowest BCUT2D eigenvalue weighted by Gasteiger charge is -2.10. The number of hydrogen-bond acceptors (Lipinski definition) is 2. The largest absolute Gasteiger partial charge is 0.334 e. The Bertz CT molecular complexity index is 326. The van der Waals surface area contributed by atoms with E-state index in [0.717, 1.165) is 25.6 Å². The van der Waals surface area contributed by atoms with Crippen LogP contribution in [0, 0.1) is 5.92 Å². The van der Waals surface area contributed by atoms with Gasteiger partial charge in [-0.1, -0.05) is 32.6 Å². The molecule has 0 radical (unpaired) electrons. The van der Waals surface area contributed by atoms with Gasteiger partial charge in [-0.25, -0.2) is 4.98 Å². The summed E-state index contributed by atoms with van der Waals surface area (Å²) in [4.78, 5) is 4.41. The molecule has 1 aromatic heterocycles. The van der Waals surface area contributed by atoms with Gasteiger partial charge in [0.25, 0.3) is 0 Å². The Kier molecular flexibility index (Phi) is 5.72. The molecule has 0 saturated heterocycles. The maximum absolute atomic E-state index is 4.41. The minimum Gasteiger partial charge on any atom is -0.334 e. The van der Waals surface area contributed by atoms with Crippen molar-refractivity contribution in [3.63, 3.8) is 0 Å². The number of imidazole rings is 1. The summed E-state index contributed by atoms with van der Waals surface area (Å²) in [6.45, 7) is 5.34. The van der Waals surface area contributed by atoms with E-state index >= 15 is 0 Å². The number of aryl methyl sites for hydroxylation is 1. The highest BCUT2D eigenvalue weighted by Gasteiger charge is 2.13. The SMILES string of the molecule is CCCn1ccnc1CNCCCC1CCCC1. The summed E-state index contributed by atoms with van der Waals surface area (Å²) in [6.07, 6.45) is 13.8. The number of rotatable bonds is 8. The molecule has 0 aromatic carbocycles. The maximum Gasteiger partial charge on any atom is 0.122 e. The van der Waals surface area contributed by atoms with E-state index in [-0.39, 0.29) is 0 Å². The smallest absolute Gasteiger partial charge is 0.122 e. The van der Waals surface area contributed by atoms with Crippen LogP contribution in [0.1, 0.15) is 57.7 Å². The van der Waals surface area contributed by atoms with Crippen molar-refractivity contribution in [2.24, 2.45) is 5.92 Å². The average Bonchev–Trinajstić information content (AvgIpc) is 3.01. The minimum atomic E-state index is 0.914. The predicted octanol–water partition coefficient (Wildman–Crippen LogP) is 3.35. The summed E-state index contributed by atoms with van der Waals surface area (Å²) < 4.78 is 2.25. The Morgan fingerprint density at radius 2 is 2.22 bits per heavy atom. The van der Waals surface area contributed by atoms with Crippen LogP contribution in [-0.2, 0) is 13.1 Å². The zero-order valence-corrected chi connectivity index (χ0v) is 11.7. The Labute approximate surface area is 111 Å². The minimum absolute atomic E-state index is 0.914. The number of nitrogens with zero attached hydrogens (tertiary/aromatic N) is 2. The Morgan fingerprint density at radius 3 is 3.00 bits per heavy atom. The fourth-order valence-electron chi connectivity index (χ4n) is 2.97. The van der Waals surface area contributed by atoms with E-state index < -0.39 is 0 Å². The van der Waals surface area contributed by atoms with Crippen molar-refractivity contribution in [2.45, 2.75) is 65.0 Å². The molecule has 2 rings (SSSR count). The standard InChI is InChI=1S/C15H27N3/c1-2-11-18-12-10-17-15(18)13-16-9-5-8-14-6-3-4-7-14/h10,12,14,16H,2-9,11,13H2,1H3. The molecular formula is C15H27N3. The van der Waals surface area contributed by atoms with Gasteiger partial charge in [0.15, 0.2) is 0 Å². The molecule has 1 saturated carbocycles. The molecule has 0 bridgehead atoms. The lowest BCUT2D eigenvalue weighted by Crippen LogP contribution is -2.18. The van der Waals surface area contributed by atoms with Crippen LogP contribution in [0.15, 0.2) is 12.4 Å². The molecule has 0 amide bonds. The Balaban J connectivity index is 1.58. The zero-order valence-electron chi connectivity index (χ0n) is 11.7. The van der Waals surface area contributed by atoms with Crippen LogP contribution in [0.2, 0.25) is 0 Å².